The number of nitrogens with two attached hydrogens (primary N) is 1. The molecule has 0 heterocycles. The van der Waals surface area contributed by atoms with E-state index in [-0.39, 0.29) is 5.25 Å². The van der Waals surface area contributed by atoms with Crippen molar-refractivity contribution in [1.29, 1.82) is 0 Å². The summed E-state index contributed by atoms with van der Waals surface area (Å²) in [5.74, 6) is 0. The third-order valence-electron chi connectivity index (χ3n) is 4.97. The third-order valence-corrected chi connectivity index (χ3v) is 6.68. The zero-order valence-corrected chi connectivity index (χ0v) is 14.0. The summed E-state index contributed by atoms with van der Waals surface area (Å²) in [5.41, 5.74) is 8.06. The highest BCUT2D eigenvalue weighted by molar-refractivity contribution is 7.91. The lowest BCUT2D eigenvalue weighted by atomic mass is 9.94. The number of hydrogen-bond donors (Lipinski definition) is 1. The van der Waals surface area contributed by atoms with Gasteiger partial charge in [0.25, 0.3) is 0 Å². The van der Waals surface area contributed by atoms with Crippen LogP contribution in [0.2, 0.25) is 0 Å². The highest BCUT2D eigenvalue weighted by Gasteiger charge is 2.49. The third kappa shape index (κ3) is 3.15. The summed E-state index contributed by atoms with van der Waals surface area (Å²) in [6.45, 7) is 3.20. The van der Waals surface area contributed by atoms with E-state index in [4.69, 9.17) is 5.73 Å². The molecule has 1 aliphatic rings. The largest absolute Gasteiger partial charge is 0.329 e. The predicted molar refractivity (Wildman–Crippen MR) is 86.9 cm³/mol. The molecule has 2 atom stereocenters. The van der Waals surface area contributed by atoms with Gasteiger partial charge in [0.2, 0.25) is 0 Å². The second-order valence-corrected chi connectivity index (χ2v) is 8.53. The zero-order chi connectivity index (χ0) is 15.7. The van der Waals surface area contributed by atoms with E-state index in [9.17, 15) is 8.42 Å². The van der Waals surface area contributed by atoms with Crippen molar-refractivity contribution >= 4 is 9.84 Å². The maximum absolute atomic E-state index is 12.1. The number of sulfone groups is 1. The highest BCUT2D eigenvalue weighted by atomic mass is 32.2. The van der Waals surface area contributed by atoms with Crippen molar-refractivity contribution < 1.29 is 8.42 Å². The lowest BCUT2D eigenvalue weighted by Gasteiger charge is -2.42. The van der Waals surface area contributed by atoms with Crippen molar-refractivity contribution in [2.75, 3.05) is 19.8 Å². The fourth-order valence-corrected chi connectivity index (χ4v) is 5.45. The van der Waals surface area contributed by atoms with Gasteiger partial charge in [0.15, 0.2) is 9.84 Å². The minimum Gasteiger partial charge on any atom is -0.329 e. The van der Waals surface area contributed by atoms with Crippen LogP contribution in [0.15, 0.2) is 24.3 Å². The van der Waals surface area contributed by atoms with Gasteiger partial charge >= 0.3 is 0 Å². The Morgan fingerprint density at radius 1 is 1.38 bits per heavy atom. The highest BCUT2D eigenvalue weighted by Crippen LogP contribution is 2.39. The van der Waals surface area contributed by atoms with Crippen molar-refractivity contribution in [1.82, 2.24) is 4.90 Å². The molecule has 0 radical (unpaired) electrons. The van der Waals surface area contributed by atoms with Crippen molar-refractivity contribution in [2.24, 2.45) is 5.73 Å². The fraction of sp³-hybridized carbons (Fsp3) is 0.625. The van der Waals surface area contributed by atoms with Gasteiger partial charge in [-0.25, -0.2) is 8.42 Å². The van der Waals surface area contributed by atoms with Crippen LogP contribution in [0.25, 0.3) is 0 Å². The molecule has 0 aromatic heterocycles. The first kappa shape index (κ1) is 16.5. The van der Waals surface area contributed by atoms with Gasteiger partial charge in [-0.3, -0.25) is 4.90 Å². The Bertz CT molecular complexity index is 600. The van der Waals surface area contributed by atoms with Crippen LogP contribution in [0.4, 0.5) is 0 Å². The van der Waals surface area contributed by atoms with Gasteiger partial charge in [0.05, 0.1) is 5.25 Å². The molecular formula is C16H26N2O2S. The summed E-state index contributed by atoms with van der Waals surface area (Å²) in [7, 11) is -1.09. The van der Waals surface area contributed by atoms with Crippen LogP contribution < -0.4 is 5.73 Å². The number of likely N-dealkylation sites (N-methyl/N-ethyl adjacent to an activating group) is 1. The van der Waals surface area contributed by atoms with E-state index in [1.165, 1.54) is 17.4 Å². The topological polar surface area (TPSA) is 63.4 Å². The summed E-state index contributed by atoms with van der Waals surface area (Å²) < 4.78 is 24.3. The standard InChI is InChI=1S/C16H26N2O2S/c1-13-7-4-5-8-14(13)11-18(2)16(12-17)10-6-9-15(16)21(3,19)20/h4-5,7-8,15H,6,9-12,17H2,1-3H3. The normalized spacial score (nSPS) is 26.4. The van der Waals surface area contributed by atoms with E-state index < -0.39 is 15.4 Å². The fourth-order valence-electron chi connectivity index (χ4n) is 3.66. The minimum absolute atomic E-state index is 0.357. The van der Waals surface area contributed by atoms with Gasteiger partial charge in [-0.15, -0.1) is 0 Å². The van der Waals surface area contributed by atoms with Crippen molar-refractivity contribution in [3.63, 3.8) is 0 Å². The molecule has 0 saturated heterocycles. The molecule has 4 nitrogen and oxygen atoms in total. The molecule has 21 heavy (non-hydrogen) atoms. The summed E-state index contributed by atoms with van der Waals surface area (Å²) in [4.78, 5) is 2.16. The average molecular weight is 310 g/mol. The Hall–Kier alpha value is -0.910. The Morgan fingerprint density at radius 2 is 2.05 bits per heavy atom. The van der Waals surface area contributed by atoms with Crippen LogP contribution in [0.3, 0.4) is 0 Å². The van der Waals surface area contributed by atoms with Crippen LogP contribution in [0.1, 0.15) is 30.4 Å². The summed E-state index contributed by atoms with van der Waals surface area (Å²) in [6, 6.07) is 8.22. The molecule has 1 aromatic rings. The van der Waals surface area contributed by atoms with E-state index in [0.29, 0.717) is 13.0 Å². The Labute approximate surface area is 128 Å². The maximum Gasteiger partial charge on any atom is 0.152 e. The molecule has 2 unspecified atom stereocenters. The number of nitrogens with zero attached hydrogens (tertiary/aromatic N) is 1. The molecule has 0 amide bonds. The number of benzene rings is 1. The van der Waals surface area contributed by atoms with E-state index in [1.807, 2.05) is 19.2 Å². The van der Waals surface area contributed by atoms with Crippen molar-refractivity contribution in [3.8, 4) is 0 Å². The van der Waals surface area contributed by atoms with Gasteiger partial charge in [0.1, 0.15) is 0 Å². The smallest absolute Gasteiger partial charge is 0.152 e. The van der Waals surface area contributed by atoms with Crippen LogP contribution in [0.5, 0.6) is 0 Å². The van der Waals surface area contributed by atoms with Crippen molar-refractivity contribution in [2.45, 2.75) is 43.5 Å². The number of rotatable bonds is 5. The van der Waals surface area contributed by atoms with Gasteiger partial charge in [-0.1, -0.05) is 30.7 Å². The molecule has 0 aliphatic heterocycles. The van der Waals surface area contributed by atoms with E-state index >= 15 is 0 Å². The van der Waals surface area contributed by atoms with Gasteiger partial charge in [-0.05, 0) is 37.9 Å². The molecule has 2 rings (SSSR count). The minimum atomic E-state index is -3.09. The predicted octanol–water partition coefficient (Wildman–Crippen LogP) is 1.72. The monoisotopic (exact) mass is 310 g/mol. The van der Waals surface area contributed by atoms with E-state index in [0.717, 1.165) is 19.4 Å². The molecule has 1 fully saturated rings. The quantitative estimate of drug-likeness (QED) is 0.899. The first-order valence-electron chi connectivity index (χ1n) is 7.46. The van der Waals surface area contributed by atoms with Gasteiger partial charge < -0.3 is 5.73 Å². The Morgan fingerprint density at radius 3 is 2.62 bits per heavy atom. The summed E-state index contributed by atoms with van der Waals surface area (Å²) >= 11 is 0. The van der Waals surface area contributed by atoms with Crippen LogP contribution in [-0.2, 0) is 16.4 Å². The van der Waals surface area contributed by atoms with E-state index in [2.05, 4.69) is 24.0 Å². The van der Waals surface area contributed by atoms with Crippen LogP contribution >= 0.6 is 0 Å². The van der Waals surface area contributed by atoms with Crippen LogP contribution in [0, 0.1) is 6.92 Å². The number of aryl methyl sites for hydroxylation is 1. The Balaban J connectivity index is 2.30. The maximum atomic E-state index is 12.1. The molecule has 1 aromatic carbocycles. The molecule has 0 spiro atoms. The molecule has 2 N–H and O–H groups in total. The molecule has 118 valence electrons. The van der Waals surface area contributed by atoms with Gasteiger partial charge in [0, 0.05) is 24.9 Å². The van der Waals surface area contributed by atoms with Gasteiger partial charge in [-0.2, -0.15) is 0 Å². The Kier molecular flexibility index (Phi) is 4.76. The lowest BCUT2D eigenvalue weighted by Crippen LogP contribution is -2.58. The van der Waals surface area contributed by atoms with Crippen LogP contribution in [-0.4, -0.2) is 44.0 Å². The lowest BCUT2D eigenvalue weighted by molar-refractivity contribution is 0.126. The summed E-state index contributed by atoms with van der Waals surface area (Å²) in [6.07, 6.45) is 3.83. The zero-order valence-electron chi connectivity index (χ0n) is 13.2. The second kappa shape index (κ2) is 6.07. The molecule has 1 saturated carbocycles. The second-order valence-electron chi connectivity index (χ2n) is 6.30. The SMILES string of the molecule is Cc1ccccc1CN(C)C1(CN)CCCC1S(C)(=O)=O. The molecular weight excluding hydrogens is 284 g/mol. The first-order chi connectivity index (χ1) is 9.81. The average Bonchev–Trinajstić information content (AvgIpc) is 2.86. The summed E-state index contributed by atoms with van der Waals surface area (Å²) in [5, 5.41) is -0.357. The molecule has 0 bridgehead atoms. The number of hydrogen-bond acceptors (Lipinski definition) is 4. The molecule has 1 aliphatic carbocycles. The molecule has 5 heteroatoms. The first-order valence-corrected chi connectivity index (χ1v) is 9.41. The van der Waals surface area contributed by atoms with Crippen molar-refractivity contribution in [3.05, 3.63) is 35.4 Å². The van der Waals surface area contributed by atoms with E-state index in [1.54, 1.807) is 0 Å².